The average Bonchev–Trinajstić information content (AvgIpc) is 2.82. The van der Waals surface area contributed by atoms with Gasteiger partial charge in [0.2, 0.25) is 5.91 Å². The van der Waals surface area contributed by atoms with E-state index in [2.05, 4.69) is 25.3 Å². The second-order valence-electron chi connectivity index (χ2n) is 7.59. The molecular weight excluding hydrogens is 509 g/mol. The van der Waals surface area contributed by atoms with Crippen LogP contribution in [0.4, 0.5) is 23.0 Å². The summed E-state index contributed by atoms with van der Waals surface area (Å²) in [7, 11) is -4.00. The molecule has 1 aromatic heterocycles. The van der Waals surface area contributed by atoms with E-state index < -0.39 is 10.0 Å². The minimum Gasteiger partial charge on any atom is -0.336 e. The molecule has 0 atom stereocenters. The van der Waals surface area contributed by atoms with Gasteiger partial charge in [-0.2, -0.15) is 0 Å². The smallest absolute Gasteiger partial charge is 0.263 e. The summed E-state index contributed by atoms with van der Waals surface area (Å²) in [6.07, 6.45) is 1.10. The summed E-state index contributed by atoms with van der Waals surface area (Å²) in [6, 6.07) is 17.8. The number of carbonyl (C=O) groups is 1. The number of halogens is 2. The van der Waals surface area contributed by atoms with Crippen LogP contribution >= 0.6 is 23.2 Å². The van der Waals surface area contributed by atoms with Gasteiger partial charge in [0.1, 0.15) is 0 Å². The van der Waals surface area contributed by atoms with Crippen molar-refractivity contribution in [2.24, 2.45) is 0 Å². The van der Waals surface area contributed by atoms with Crippen LogP contribution in [0.25, 0.3) is 11.0 Å². The van der Waals surface area contributed by atoms with Gasteiger partial charge in [0.05, 0.1) is 26.6 Å². The Hall–Kier alpha value is -3.40. The number of para-hydroxylation sites is 2. The fourth-order valence-corrected chi connectivity index (χ4v) is 4.54. The Balaban J connectivity index is 1.73. The minimum atomic E-state index is -4.00. The number of nitrogens with zero attached hydrogens (tertiary/aromatic N) is 2. The van der Waals surface area contributed by atoms with Crippen LogP contribution in [-0.2, 0) is 14.8 Å². The summed E-state index contributed by atoms with van der Waals surface area (Å²) in [5.41, 5.74) is 2.00. The molecule has 1 amide bonds. The fraction of sp³-hybridized carbons (Fsp3) is 0.125. The Kier molecular flexibility index (Phi) is 7.39. The zero-order valence-corrected chi connectivity index (χ0v) is 20.9. The van der Waals surface area contributed by atoms with Crippen LogP contribution in [0.5, 0.6) is 0 Å². The number of hydrogen-bond donors (Lipinski definition) is 3. The number of benzene rings is 3. The number of hydrogen-bond acceptors (Lipinski definition) is 6. The van der Waals surface area contributed by atoms with E-state index >= 15 is 0 Å². The van der Waals surface area contributed by atoms with Crippen molar-refractivity contribution in [2.75, 3.05) is 15.4 Å². The summed E-state index contributed by atoms with van der Waals surface area (Å²) >= 11 is 12.3. The van der Waals surface area contributed by atoms with Gasteiger partial charge in [-0.1, -0.05) is 42.3 Å². The molecule has 8 nitrogen and oxygen atoms in total. The van der Waals surface area contributed by atoms with Gasteiger partial charge in [0.15, 0.2) is 11.6 Å². The zero-order valence-electron chi connectivity index (χ0n) is 18.5. The summed E-state index contributed by atoms with van der Waals surface area (Å²) in [4.78, 5) is 21.0. The normalized spacial score (nSPS) is 11.3. The maximum atomic E-state index is 13.0. The number of amides is 1. The standard InChI is InChI=1S/C24H21Cl2N5O3S/c1-2-5-22(32)27-16-10-13-18(26)21(14-16)30-23-24(29-20-7-4-3-6-19(20)28-23)31-35(33,34)17-11-8-15(25)9-12-17/h3-4,6-14H,2,5H2,1H3,(H,27,32)(H,28,30)(H,29,31). The van der Waals surface area contributed by atoms with Crippen LogP contribution in [0.3, 0.4) is 0 Å². The van der Waals surface area contributed by atoms with E-state index in [1.54, 1.807) is 42.5 Å². The lowest BCUT2D eigenvalue weighted by atomic mass is 10.2. The van der Waals surface area contributed by atoms with Crippen LogP contribution in [0, 0.1) is 0 Å². The average molecular weight is 530 g/mol. The van der Waals surface area contributed by atoms with Crippen LogP contribution in [0.15, 0.2) is 71.6 Å². The largest absolute Gasteiger partial charge is 0.336 e. The summed E-state index contributed by atoms with van der Waals surface area (Å²) in [5.74, 6) is -0.00186. The first kappa shape index (κ1) is 24.7. The molecule has 3 N–H and O–H groups in total. The Bertz CT molecular complexity index is 1500. The molecule has 0 saturated heterocycles. The lowest BCUT2D eigenvalue weighted by Gasteiger charge is -2.15. The number of aromatic nitrogens is 2. The van der Waals surface area contributed by atoms with E-state index in [9.17, 15) is 13.2 Å². The van der Waals surface area contributed by atoms with Gasteiger partial charge in [-0.15, -0.1) is 0 Å². The molecule has 0 radical (unpaired) electrons. The van der Waals surface area contributed by atoms with Crippen LogP contribution in [0.1, 0.15) is 19.8 Å². The molecule has 0 aliphatic carbocycles. The molecule has 4 rings (SSSR count). The van der Waals surface area contributed by atoms with Crippen LogP contribution in [-0.4, -0.2) is 24.3 Å². The number of rotatable bonds is 8. The quantitative estimate of drug-likeness (QED) is 0.249. The molecule has 0 unspecified atom stereocenters. The van der Waals surface area contributed by atoms with Gasteiger partial charge in [-0.3, -0.25) is 9.52 Å². The summed E-state index contributed by atoms with van der Waals surface area (Å²) in [6.45, 7) is 1.92. The highest BCUT2D eigenvalue weighted by molar-refractivity contribution is 7.92. The van der Waals surface area contributed by atoms with Crippen molar-refractivity contribution >= 4 is 73.2 Å². The molecule has 0 spiro atoms. The lowest BCUT2D eigenvalue weighted by Crippen LogP contribution is -2.16. The summed E-state index contributed by atoms with van der Waals surface area (Å²) in [5, 5.41) is 6.63. The van der Waals surface area contributed by atoms with Crippen LogP contribution in [0.2, 0.25) is 10.0 Å². The highest BCUT2D eigenvalue weighted by Gasteiger charge is 2.20. The SMILES string of the molecule is CCCC(=O)Nc1ccc(Cl)c(Nc2nc3ccccc3nc2NS(=O)(=O)c2ccc(Cl)cc2)c1. The second kappa shape index (κ2) is 10.5. The number of anilines is 4. The van der Waals surface area contributed by atoms with E-state index in [0.29, 0.717) is 45.3 Å². The molecule has 0 aliphatic rings. The Morgan fingerprint density at radius 1 is 0.914 bits per heavy atom. The van der Waals surface area contributed by atoms with Crippen molar-refractivity contribution < 1.29 is 13.2 Å². The van der Waals surface area contributed by atoms with Crippen molar-refractivity contribution in [2.45, 2.75) is 24.7 Å². The second-order valence-corrected chi connectivity index (χ2v) is 10.1. The van der Waals surface area contributed by atoms with E-state index in [1.807, 2.05) is 6.92 Å². The molecule has 0 fully saturated rings. The topological polar surface area (TPSA) is 113 Å². The third-order valence-corrected chi connectivity index (χ3v) is 6.84. The third kappa shape index (κ3) is 6.00. The van der Waals surface area contributed by atoms with Crippen molar-refractivity contribution in [3.05, 3.63) is 76.8 Å². The van der Waals surface area contributed by atoms with E-state index in [-0.39, 0.29) is 22.4 Å². The summed E-state index contributed by atoms with van der Waals surface area (Å²) < 4.78 is 28.6. The number of carbonyl (C=O) groups excluding carboxylic acids is 1. The first-order valence-electron chi connectivity index (χ1n) is 10.7. The molecule has 3 aromatic carbocycles. The van der Waals surface area contributed by atoms with Gasteiger partial charge < -0.3 is 10.6 Å². The molecule has 1 heterocycles. The van der Waals surface area contributed by atoms with Crippen LogP contribution < -0.4 is 15.4 Å². The number of nitrogens with one attached hydrogen (secondary N) is 3. The van der Waals surface area contributed by atoms with Crippen molar-refractivity contribution in [3.8, 4) is 0 Å². The molecule has 11 heteroatoms. The molecule has 0 saturated carbocycles. The minimum absolute atomic E-state index is 0.0153. The number of sulfonamides is 1. The highest BCUT2D eigenvalue weighted by atomic mass is 35.5. The molecule has 4 aromatic rings. The molecule has 0 aliphatic heterocycles. The van der Waals surface area contributed by atoms with Gasteiger partial charge >= 0.3 is 0 Å². The van der Waals surface area contributed by atoms with Gasteiger partial charge in [0, 0.05) is 17.1 Å². The van der Waals surface area contributed by atoms with Gasteiger partial charge in [-0.25, -0.2) is 18.4 Å². The van der Waals surface area contributed by atoms with E-state index in [0.717, 1.165) is 0 Å². The lowest BCUT2D eigenvalue weighted by molar-refractivity contribution is -0.116. The monoisotopic (exact) mass is 529 g/mol. The first-order chi connectivity index (χ1) is 16.7. The molecule has 180 valence electrons. The first-order valence-corrected chi connectivity index (χ1v) is 12.9. The fourth-order valence-electron chi connectivity index (χ4n) is 3.24. The predicted molar refractivity (Wildman–Crippen MR) is 140 cm³/mol. The third-order valence-electron chi connectivity index (χ3n) is 4.91. The Morgan fingerprint density at radius 3 is 2.23 bits per heavy atom. The molecule has 35 heavy (non-hydrogen) atoms. The van der Waals surface area contributed by atoms with Crippen molar-refractivity contribution in [1.29, 1.82) is 0 Å². The predicted octanol–water partition coefficient (Wildman–Crippen LogP) is 6.22. The Labute approximate surface area is 212 Å². The zero-order chi connectivity index (χ0) is 25.0. The van der Waals surface area contributed by atoms with Gasteiger partial charge in [-0.05, 0) is 61.0 Å². The molecule has 0 bridgehead atoms. The maximum Gasteiger partial charge on any atom is 0.263 e. The van der Waals surface area contributed by atoms with E-state index in [4.69, 9.17) is 23.2 Å². The maximum absolute atomic E-state index is 13.0. The van der Waals surface area contributed by atoms with Gasteiger partial charge in [0.25, 0.3) is 10.0 Å². The number of fused-ring (bicyclic) bond motifs is 1. The highest BCUT2D eigenvalue weighted by Crippen LogP contribution is 2.32. The van der Waals surface area contributed by atoms with E-state index in [1.165, 1.54) is 24.3 Å². The van der Waals surface area contributed by atoms with Crippen molar-refractivity contribution in [3.63, 3.8) is 0 Å². The Morgan fingerprint density at radius 2 is 1.57 bits per heavy atom. The molecular formula is C24H21Cl2N5O3S. The van der Waals surface area contributed by atoms with Crippen molar-refractivity contribution in [1.82, 2.24) is 9.97 Å².